The van der Waals surface area contributed by atoms with E-state index in [4.69, 9.17) is 4.74 Å². The van der Waals surface area contributed by atoms with E-state index in [1.165, 1.54) is 0 Å². The van der Waals surface area contributed by atoms with Crippen molar-refractivity contribution >= 4 is 11.8 Å². The van der Waals surface area contributed by atoms with Crippen LogP contribution in [0.25, 0.3) is 0 Å². The SMILES string of the molecule is CC(C)(C)OCC(=O)NC1CCC(=O)NC1. The zero-order valence-electron chi connectivity index (χ0n) is 10.1. The van der Waals surface area contributed by atoms with Crippen molar-refractivity contribution in [3.8, 4) is 0 Å². The molecule has 1 unspecified atom stereocenters. The number of amides is 2. The highest BCUT2D eigenvalue weighted by Gasteiger charge is 2.20. The molecule has 5 nitrogen and oxygen atoms in total. The van der Waals surface area contributed by atoms with Crippen LogP contribution in [0.2, 0.25) is 0 Å². The molecule has 2 amide bonds. The molecule has 92 valence electrons. The second-order valence-corrected chi connectivity index (χ2v) is 5.01. The van der Waals surface area contributed by atoms with E-state index in [1.807, 2.05) is 20.8 Å². The Morgan fingerprint density at radius 1 is 1.56 bits per heavy atom. The number of piperidine rings is 1. The zero-order chi connectivity index (χ0) is 12.2. The van der Waals surface area contributed by atoms with Gasteiger partial charge in [0.25, 0.3) is 0 Å². The maximum absolute atomic E-state index is 11.5. The highest BCUT2D eigenvalue weighted by molar-refractivity contribution is 5.79. The quantitative estimate of drug-likeness (QED) is 0.725. The number of hydrogen-bond acceptors (Lipinski definition) is 3. The predicted molar refractivity (Wildman–Crippen MR) is 59.9 cm³/mol. The molecule has 0 spiro atoms. The molecule has 1 atom stereocenters. The van der Waals surface area contributed by atoms with Crippen LogP contribution < -0.4 is 10.6 Å². The lowest BCUT2D eigenvalue weighted by atomic mass is 10.1. The van der Waals surface area contributed by atoms with Crippen molar-refractivity contribution < 1.29 is 14.3 Å². The van der Waals surface area contributed by atoms with Crippen LogP contribution in [0.15, 0.2) is 0 Å². The number of carbonyl (C=O) groups excluding carboxylic acids is 2. The largest absolute Gasteiger partial charge is 0.366 e. The molecule has 0 aliphatic carbocycles. The molecule has 0 radical (unpaired) electrons. The minimum absolute atomic E-state index is 0.0359. The third kappa shape index (κ3) is 5.11. The van der Waals surface area contributed by atoms with E-state index >= 15 is 0 Å². The second-order valence-electron chi connectivity index (χ2n) is 5.01. The summed E-state index contributed by atoms with van der Waals surface area (Å²) in [4.78, 5) is 22.4. The van der Waals surface area contributed by atoms with Gasteiger partial charge in [-0.2, -0.15) is 0 Å². The normalized spacial score (nSPS) is 21.4. The zero-order valence-corrected chi connectivity index (χ0v) is 10.1. The maximum atomic E-state index is 11.5. The molecule has 16 heavy (non-hydrogen) atoms. The molecule has 2 N–H and O–H groups in total. The maximum Gasteiger partial charge on any atom is 0.246 e. The molecule has 0 aromatic rings. The number of carbonyl (C=O) groups is 2. The number of ether oxygens (including phenoxy) is 1. The molecule has 1 aliphatic heterocycles. The molecule has 1 saturated heterocycles. The Labute approximate surface area is 95.9 Å². The molecule has 0 bridgehead atoms. The van der Waals surface area contributed by atoms with Gasteiger partial charge in [-0.15, -0.1) is 0 Å². The van der Waals surface area contributed by atoms with Crippen LogP contribution in [-0.4, -0.2) is 36.6 Å². The summed E-state index contributed by atoms with van der Waals surface area (Å²) >= 11 is 0. The van der Waals surface area contributed by atoms with Crippen molar-refractivity contribution in [3.05, 3.63) is 0 Å². The number of nitrogens with one attached hydrogen (secondary N) is 2. The summed E-state index contributed by atoms with van der Waals surface area (Å²) in [5, 5.41) is 5.55. The van der Waals surface area contributed by atoms with Crippen LogP contribution in [0.3, 0.4) is 0 Å². The summed E-state index contributed by atoms with van der Waals surface area (Å²) in [7, 11) is 0. The third-order valence-electron chi connectivity index (χ3n) is 2.27. The van der Waals surface area contributed by atoms with Crippen LogP contribution >= 0.6 is 0 Å². The van der Waals surface area contributed by atoms with E-state index in [0.29, 0.717) is 19.4 Å². The monoisotopic (exact) mass is 228 g/mol. The summed E-state index contributed by atoms with van der Waals surface area (Å²) in [5.41, 5.74) is -0.307. The van der Waals surface area contributed by atoms with Gasteiger partial charge < -0.3 is 15.4 Å². The van der Waals surface area contributed by atoms with Crippen molar-refractivity contribution in [3.63, 3.8) is 0 Å². The molecule has 0 aromatic carbocycles. The Balaban J connectivity index is 2.22. The molecule has 1 fully saturated rings. The van der Waals surface area contributed by atoms with Gasteiger partial charge in [-0.25, -0.2) is 0 Å². The van der Waals surface area contributed by atoms with Crippen LogP contribution in [0.1, 0.15) is 33.6 Å². The van der Waals surface area contributed by atoms with Crippen LogP contribution in [0.5, 0.6) is 0 Å². The van der Waals surface area contributed by atoms with Gasteiger partial charge in [0, 0.05) is 19.0 Å². The molecule has 0 saturated carbocycles. The van der Waals surface area contributed by atoms with Crippen molar-refractivity contribution in [2.75, 3.05) is 13.2 Å². The summed E-state index contributed by atoms with van der Waals surface area (Å²) < 4.78 is 5.35. The summed E-state index contributed by atoms with van der Waals surface area (Å²) in [6.45, 7) is 6.29. The van der Waals surface area contributed by atoms with Crippen molar-refractivity contribution in [1.82, 2.24) is 10.6 Å². The molecule has 0 aromatic heterocycles. The Bertz CT molecular complexity index is 261. The third-order valence-corrected chi connectivity index (χ3v) is 2.27. The van der Waals surface area contributed by atoms with Crippen molar-refractivity contribution in [1.29, 1.82) is 0 Å². The van der Waals surface area contributed by atoms with Gasteiger partial charge in [-0.3, -0.25) is 9.59 Å². The minimum Gasteiger partial charge on any atom is -0.366 e. The Morgan fingerprint density at radius 2 is 2.25 bits per heavy atom. The van der Waals surface area contributed by atoms with E-state index in [1.54, 1.807) is 0 Å². The van der Waals surface area contributed by atoms with Crippen molar-refractivity contribution in [2.24, 2.45) is 0 Å². The van der Waals surface area contributed by atoms with Crippen molar-refractivity contribution in [2.45, 2.75) is 45.3 Å². The average Bonchev–Trinajstić information content (AvgIpc) is 2.18. The molecule has 1 heterocycles. The average molecular weight is 228 g/mol. The topological polar surface area (TPSA) is 67.4 Å². The first-order chi connectivity index (χ1) is 7.37. The lowest BCUT2D eigenvalue weighted by molar-refractivity contribution is -0.132. The molecule has 5 heteroatoms. The van der Waals surface area contributed by atoms with Gasteiger partial charge in [0.15, 0.2) is 0 Å². The Morgan fingerprint density at radius 3 is 2.75 bits per heavy atom. The van der Waals surface area contributed by atoms with Crippen LogP contribution in [0.4, 0.5) is 0 Å². The first-order valence-electron chi connectivity index (χ1n) is 5.57. The molecule has 1 aliphatic rings. The highest BCUT2D eigenvalue weighted by Crippen LogP contribution is 2.06. The van der Waals surface area contributed by atoms with E-state index in [0.717, 1.165) is 0 Å². The van der Waals surface area contributed by atoms with Gasteiger partial charge in [-0.05, 0) is 27.2 Å². The summed E-state index contributed by atoms with van der Waals surface area (Å²) in [6, 6.07) is 0.0359. The number of hydrogen-bond donors (Lipinski definition) is 2. The smallest absolute Gasteiger partial charge is 0.246 e. The van der Waals surface area contributed by atoms with E-state index < -0.39 is 0 Å². The van der Waals surface area contributed by atoms with Gasteiger partial charge in [0.05, 0.1) is 5.60 Å². The Kier molecular flexibility index (Phi) is 4.29. The van der Waals surface area contributed by atoms with Gasteiger partial charge >= 0.3 is 0 Å². The van der Waals surface area contributed by atoms with Gasteiger partial charge in [0.1, 0.15) is 6.61 Å². The van der Waals surface area contributed by atoms with Crippen LogP contribution in [-0.2, 0) is 14.3 Å². The molecular formula is C11H20N2O3. The summed E-state index contributed by atoms with van der Waals surface area (Å²) in [5.74, 6) is -0.0764. The fourth-order valence-electron chi connectivity index (χ4n) is 1.41. The lowest BCUT2D eigenvalue weighted by Crippen LogP contribution is -2.49. The minimum atomic E-state index is -0.307. The first-order valence-corrected chi connectivity index (χ1v) is 5.57. The first kappa shape index (κ1) is 13.0. The van der Waals surface area contributed by atoms with Gasteiger partial charge in [-0.1, -0.05) is 0 Å². The van der Waals surface area contributed by atoms with Crippen LogP contribution in [0, 0.1) is 0 Å². The fraction of sp³-hybridized carbons (Fsp3) is 0.818. The lowest BCUT2D eigenvalue weighted by Gasteiger charge is -2.24. The highest BCUT2D eigenvalue weighted by atomic mass is 16.5. The second kappa shape index (κ2) is 5.30. The van der Waals surface area contributed by atoms with E-state index in [2.05, 4.69) is 10.6 Å². The standard InChI is InChI=1S/C11H20N2O3/c1-11(2,3)16-7-10(15)13-8-4-5-9(14)12-6-8/h8H,4-7H2,1-3H3,(H,12,14)(H,13,15). The fourth-order valence-corrected chi connectivity index (χ4v) is 1.41. The Hall–Kier alpha value is -1.10. The predicted octanol–water partition coefficient (Wildman–Crippen LogP) is 0.196. The van der Waals surface area contributed by atoms with E-state index in [-0.39, 0.29) is 30.1 Å². The molecular weight excluding hydrogens is 208 g/mol. The van der Waals surface area contributed by atoms with Gasteiger partial charge in [0.2, 0.25) is 11.8 Å². The summed E-state index contributed by atoms with van der Waals surface area (Å²) in [6.07, 6.45) is 1.18. The number of rotatable bonds is 3. The molecule has 1 rings (SSSR count). The van der Waals surface area contributed by atoms with E-state index in [9.17, 15) is 9.59 Å².